The minimum atomic E-state index is -0.212. The van der Waals surface area contributed by atoms with Crippen LogP contribution in [0, 0.1) is 5.82 Å². The Labute approximate surface area is 178 Å². The van der Waals surface area contributed by atoms with Gasteiger partial charge in [-0.25, -0.2) is 4.39 Å². The zero-order valence-electron chi connectivity index (χ0n) is 16.3. The van der Waals surface area contributed by atoms with E-state index in [4.69, 9.17) is 0 Å². The van der Waals surface area contributed by atoms with Crippen molar-refractivity contribution in [3.05, 3.63) is 75.8 Å². The van der Waals surface area contributed by atoms with Crippen molar-refractivity contribution in [1.82, 2.24) is 19.7 Å². The summed E-state index contributed by atoms with van der Waals surface area (Å²) < 4.78 is 17.1. The molecule has 1 atom stereocenters. The Balaban J connectivity index is 1.90. The van der Waals surface area contributed by atoms with Crippen LogP contribution in [0.15, 0.2) is 58.2 Å². The molecule has 148 valence electrons. The number of benzene rings is 2. The van der Waals surface area contributed by atoms with Gasteiger partial charge in [-0.1, -0.05) is 71.0 Å². The second-order valence-electron chi connectivity index (χ2n) is 6.82. The van der Waals surface area contributed by atoms with Gasteiger partial charge < -0.3 is 4.57 Å². The van der Waals surface area contributed by atoms with Crippen LogP contribution in [0.3, 0.4) is 0 Å². The highest BCUT2D eigenvalue weighted by molar-refractivity contribution is 9.10. The van der Waals surface area contributed by atoms with E-state index >= 15 is 0 Å². The summed E-state index contributed by atoms with van der Waals surface area (Å²) in [6, 6.07) is 15.6. The average molecular weight is 463 g/mol. The van der Waals surface area contributed by atoms with E-state index in [0.29, 0.717) is 17.9 Å². The van der Waals surface area contributed by atoms with Gasteiger partial charge in [-0.05, 0) is 43.8 Å². The molecule has 7 heteroatoms. The first kappa shape index (κ1) is 21.0. The second-order valence-corrected chi connectivity index (χ2v) is 8.68. The van der Waals surface area contributed by atoms with Gasteiger partial charge >= 0.3 is 0 Å². The van der Waals surface area contributed by atoms with Crippen molar-refractivity contribution in [2.24, 2.45) is 0 Å². The summed E-state index contributed by atoms with van der Waals surface area (Å²) in [6.07, 6.45) is 0.936. The van der Waals surface area contributed by atoms with E-state index in [2.05, 4.69) is 68.7 Å². The molecule has 0 N–H and O–H groups in total. The SMILES string of the molecule is CC[C@H](c1nnc(SCc2ccc(Br)cc2F)n1Cc1ccccc1)N(C)C. The highest BCUT2D eigenvalue weighted by Crippen LogP contribution is 2.29. The fourth-order valence-corrected chi connectivity index (χ4v) is 4.39. The number of halogens is 2. The molecule has 0 aliphatic heterocycles. The predicted molar refractivity (Wildman–Crippen MR) is 116 cm³/mol. The van der Waals surface area contributed by atoms with Gasteiger partial charge in [-0.3, -0.25) is 4.90 Å². The maximum atomic E-state index is 14.2. The molecule has 0 unspecified atom stereocenters. The number of hydrogen-bond donors (Lipinski definition) is 0. The molecule has 3 rings (SSSR count). The summed E-state index contributed by atoms with van der Waals surface area (Å²) in [4.78, 5) is 2.16. The molecule has 0 radical (unpaired) electrons. The Bertz CT molecular complexity index is 914. The van der Waals surface area contributed by atoms with Crippen LogP contribution in [0.5, 0.6) is 0 Å². The van der Waals surface area contributed by atoms with Gasteiger partial charge in [0, 0.05) is 10.2 Å². The highest BCUT2D eigenvalue weighted by atomic mass is 79.9. The molecule has 0 fully saturated rings. The minimum Gasteiger partial charge on any atom is -0.300 e. The quantitative estimate of drug-likeness (QED) is 0.412. The van der Waals surface area contributed by atoms with Crippen LogP contribution in [0.1, 0.15) is 36.3 Å². The Kier molecular flexibility index (Phi) is 7.26. The van der Waals surface area contributed by atoms with Crippen LogP contribution in [-0.2, 0) is 12.3 Å². The molecule has 0 aliphatic rings. The van der Waals surface area contributed by atoms with Crippen molar-refractivity contribution in [1.29, 1.82) is 0 Å². The highest BCUT2D eigenvalue weighted by Gasteiger charge is 2.22. The van der Waals surface area contributed by atoms with Crippen LogP contribution in [-0.4, -0.2) is 33.8 Å². The Morgan fingerprint density at radius 1 is 1.14 bits per heavy atom. The fourth-order valence-electron chi connectivity index (χ4n) is 3.13. The lowest BCUT2D eigenvalue weighted by atomic mass is 10.2. The third-order valence-electron chi connectivity index (χ3n) is 4.61. The zero-order chi connectivity index (χ0) is 20.1. The van der Waals surface area contributed by atoms with E-state index in [1.807, 2.05) is 24.3 Å². The predicted octanol–water partition coefficient (Wildman–Crippen LogP) is 5.53. The molecular formula is C21H24BrFN4S. The van der Waals surface area contributed by atoms with E-state index in [0.717, 1.165) is 21.9 Å². The smallest absolute Gasteiger partial charge is 0.191 e. The molecule has 1 aromatic heterocycles. The third-order valence-corrected chi connectivity index (χ3v) is 6.12. The summed E-state index contributed by atoms with van der Waals surface area (Å²) >= 11 is 4.82. The first-order chi connectivity index (χ1) is 13.5. The maximum Gasteiger partial charge on any atom is 0.191 e. The monoisotopic (exact) mass is 462 g/mol. The molecule has 0 saturated carbocycles. The van der Waals surface area contributed by atoms with Gasteiger partial charge in [0.05, 0.1) is 12.6 Å². The van der Waals surface area contributed by atoms with Crippen LogP contribution in [0.2, 0.25) is 0 Å². The molecule has 0 spiro atoms. The first-order valence-corrected chi connectivity index (χ1v) is 11.0. The third kappa shape index (κ3) is 5.01. The summed E-state index contributed by atoms with van der Waals surface area (Å²) in [7, 11) is 4.11. The summed E-state index contributed by atoms with van der Waals surface area (Å²) in [5, 5.41) is 9.75. The number of rotatable bonds is 8. The molecule has 0 saturated heterocycles. The molecule has 1 heterocycles. The summed E-state index contributed by atoms with van der Waals surface area (Å²) in [5.41, 5.74) is 1.84. The van der Waals surface area contributed by atoms with Crippen LogP contribution in [0.4, 0.5) is 4.39 Å². The van der Waals surface area contributed by atoms with Gasteiger partial charge in [0.25, 0.3) is 0 Å². The molecule has 28 heavy (non-hydrogen) atoms. The Morgan fingerprint density at radius 2 is 1.89 bits per heavy atom. The number of thioether (sulfide) groups is 1. The number of aromatic nitrogens is 3. The normalized spacial score (nSPS) is 12.5. The fraction of sp³-hybridized carbons (Fsp3) is 0.333. The topological polar surface area (TPSA) is 34.0 Å². The molecule has 4 nitrogen and oxygen atoms in total. The zero-order valence-corrected chi connectivity index (χ0v) is 18.7. The van der Waals surface area contributed by atoms with E-state index in [1.165, 1.54) is 23.4 Å². The molecule has 0 bridgehead atoms. The van der Waals surface area contributed by atoms with Crippen molar-refractivity contribution in [2.45, 2.75) is 36.8 Å². The molecule has 2 aromatic carbocycles. The van der Waals surface area contributed by atoms with E-state index < -0.39 is 0 Å². The van der Waals surface area contributed by atoms with Crippen LogP contribution < -0.4 is 0 Å². The van der Waals surface area contributed by atoms with E-state index in [-0.39, 0.29) is 11.9 Å². The lowest BCUT2D eigenvalue weighted by Gasteiger charge is -2.23. The maximum absolute atomic E-state index is 14.2. The van der Waals surface area contributed by atoms with Gasteiger partial charge in [0.2, 0.25) is 0 Å². The van der Waals surface area contributed by atoms with E-state index in [1.54, 1.807) is 6.07 Å². The lowest BCUT2D eigenvalue weighted by Crippen LogP contribution is -2.23. The van der Waals surface area contributed by atoms with Crippen molar-refractivity contribution in [2.75, 3.05) is 14.1 Å². The summed E-state index contributed by atoms with van der Waals surface area (Å²) in [5.74, 6) is 1.23. The van der Waals surface area contributed by atoms with Gasteiger partial charge in [-0.2, -0.15) is 0 Å². The Hall–Kier alpha value is -1.70. The van der Waals surface area contributed by atoms with Crippen molar-refractivity contribution in [3.63, 3.8) is 0 Å². The molecule has 0 amide bonds. The van der Waals surface area contributed by atoms with Crippen LogP contribution in [0.25, 0.3) is 0 Å². The van der Waals surface area contributed by atoms with Gasteiger partial charge in [0.1, 0.15) is 5.82 Å². The van der Waals surface area contributed by atoms with Gasteiger partial charge in [-0.15, -0.1) is 10.2 Å². The first-order valence-electron chi connectivity index (χ1n) is 9.19. The number of nitrogens with zero attached hydrogens (tertiary/aromatic N) is 4. The largest absolute Gasteiger partial charge is 0.300 e. The van der Waals surface area contributed by atoms with Crippen molar-refractivity contribution in [3.8, 4) is 0 Å². The standard InChI is InChI=1S/C21H24BrFN4S/c1-4-19(26(2)3)20-24-25-21(27(20)13-15-8-6-5-7-9-15)28-14-16-10-11-17(22)12-18(16)23/h5-12,19H,4,13-14H2,1-3H3/t19-/m1/s1. The lowest BCUT2D eigenvalue weighted by molar-refractivity contribution is 0.272. The molecular weight excluding hydrogens is 439 g/mol. The number of hydrogen-bond acceptors (Lipinski definition) is 4. The average Bonchev–Trinajstić information content (AvgIpc) is 3.04. The summed E-state index contributed by atoms with van der Waals surface area (Å²) in [6.45, 7) is 2.84. The Morgan fingerprint density at radius 3 is 2.54 bits per heavy atom. The van der Waals surface area contributed by atoms with Crippen molar-refractivity contribution >= 4 is 27.7 Å². The van der Waals surface area contributed by atoms with Gasteiger partial charge in [0.15, 0.2) is 11.0 Å². The minimum absolute atomic E-state index is 0.176. The molecule has 0 aliphatic carbocycles. The van der Waals surface area contributed by atoms with E-state index in [9.17, 15) is 4.39 Å². The molecule has 3 aromatic rings. The van der Waals surface area contributed by atoms with Crippen LogP contribution >= 0.6 is 27.7 Å². The van der Waals surface area contributed by atoms with Crippen molar-refractivity contribution < 1.29 is 4.39 Å². The second kappa shape index (κ2) is 9.67.